The molecule has 2 saturated heterocycles. The molecule has 2 fully saturated rings. The van der Waals surface area contributed by atoms with Crippen molar-refractivity contribution in [2.45, 2.75) is 39.2 Å². The zero-order valence-corrected chi connectivity index (χ0v) is 19.4. The fourth-order valence-electron chi connectivity index (χ4n) is 4.93. The number of fused-ring (bicyclic) bond motifs is 1. The molecular weight excluding hydrogens is 404 g/mol. The van der Waals surface area contributed by atoms with Crippen LogP contribution in [0.3, 0.4) is 0 Å². The molecule has 2 amide bonds. The normalized spacial score (nSPS) is 20.4. The van der Waals surface area contributed by atoms with E-state index in [9.17, 15) is 9.59 Å². The summed E-state index contributed by atoms with van der Waals surface area (Å²) < 4.78 is 0. The van der Waals surface area contributed by atoms with E-state index in [0.29, 0.717) is 0 Å². The molecule has 0 radical (unpaired) electrons. The van der Waals surface area contributed by atoms with Gasteiger partial charge < -0.3 is 20.0 Å². The van der Waals surface area contributed by atoms with Crippen LogP contribution >= 0.6 is 0 Å². The molecule has 32 heavy (non-hydrogen) atoms. The van der Waals surface area contributed by atoms with Crippen LogP contribution in [0.15, 0.2) is 29.3 Å². The van der Waals surface area contributed by atoms with Crippen LogP contribution in [0, 0.1) is 0 Å². The summed E-state index contributed by atoms with van der Waals surface area (Å²) in [4.78, 5) is 38.6. The van der Waals surface area contributed by atoms with Gasteiger partial charge in [0.25, 0.3) is 0 Å². The molecule has 0 saturated carbocycles. The number of hydrogen-bond donors (Lipinski definition) is 1. The Balaban J connectivity index is 1.33. The molecule has 1 atom stereocenters. The summed E-state index contributed by atoms with van der Waals surface area (Å²) in [5.41, 5.74) is 2.24. The van der Waals surface area contributed by atoms with Gasteiger partial charge in [0.1, 0.15) is 6.54 Å². The van der Waals surface area contributed by atoms with Crippen LogP contribution in [0.4, 0.5) is 5.69 Å². The van der Waals surface area contributed by atoms with E-state index in [0.717, 1.165) is 83.3 Å². The molecule has 0 aromatic heterocycles. The third kappa shape index (κ3) is 4.90. The van der Waals surface area contributed by atoms with Crippen molar-refractivity contribution in [1.82, 2.24) is 20.0 Å². The lowest BCUT2D eigenvalue weighted by molar-refractivity contribution is -0.135. The second-order valence-corrected chi connectivity index (χ2v) is 8.83. The van der Waals surface area contributed by atoms with Crippen LogP contribution in [-0.4, -0.2) is 97.4 Å². The van der Waals surface area contributed by atoms with Gasteiger partial charge in [-0.05, 0) is 44.7 Å². The minimum Gasteiger partial charge on any atom is -0.357 e. The topological polar surface area (TPSA) is 71.5 Å². The summed E-state index contributed by atoms with van der Waals surface area (Å²) in [7, 11) is 0. The predicted octanol–water partition coefficient (Wildman–Crippen LogP) is 1.17. The maximum absolute atomic E-state index is 12.9. The van der Waals surface area contributed by atoms with Crippen molar-refractivity contribution in [1.29, 1.82) is 0 Å². The zero-order chi connectivity index (χ0) is 22.5. The van der Waals surface area contributed by atoms with Crippen LogP contribution in [0.1, 0.15) is 32.3 Å². The summed E-state index contributed by atoms with van der Waals surface area (Å²) in [5.74, 6) is 1.08. The van der Waals surface area contributed by atoms with Gasteiger partial charge in [-0.3, -0.25) is 14.5 Å². The van der Waals surface area contributed by atoms with E-state index in [2.05, 4.69) is 26.2 Å². The number of benzene rings is 1. The Morgan fingerprint density at radius 3 is 2.44 bits per heavy atom. The average Bonchev–Trinajstić information content (AvgIpc) is 3.51. The van der Waals surface area contributed by atoms with E-state index in [1.165, 1.54) is 5.56 Å². The minimum atomic E-state index is -0.0772. The number of nitrogens with zero attached hydrogens (tertiary/aromatic N) is 5. The van der Waals surface area contributed by atoms with Gasteiger partial charge in [0.2, 0.25) is 11.8 Å². The number of carbonyl (C=O) groups is 2. The lowest BCUT2D eigenvalue weighted by Crippen LogP contribution is -2.57. The van der Waals surface area contributed by atoms with E-state index < -0.39 is 0 Å². The first-order valence-electron chi connectivity index (χ1n) is 12.0. The standard InChI is InChI=1S/C24H36N6O2/c1-3-25-24(26-18-22(31)30-13-10-20-8-4-5-9-21(20)30)29-16-14-27(15-17-29)19(2)23(32)28-11-6-7-12-28/h4-5,8-9,19H,3,6-7,10-18H2,1-2H3,(H,25,26). The average molecular weight is 441 g/mol. The van der Waals surface area contributed by atoms with Crippen LogP contribution in [0.5, 0.6) is 0 Å². The lowest BCUT2D eigenvalue weighted by atomic mass is 10.2. The highest BCUT2D eigenvalue weighted by Crippen LogP contribution is 2.27. The van der Waals surface area contributed by atoms with Gasteiger partial charge in [0.05, 0.1) is 6.04 Å². The number of amides is 2. The van der Waals surface area contributed by atoms with Gasteiger partial charge in [-0.1, -0.05) is 18.2 Å². The Bertz CT molecular complexity index is 843. The summed E-state index contributed by atoms with van der Waals surface area (Å²) >= 11 is 0. The second kappa shape index (κ2) is 10.3. The fourth-order valence-corrected chi connectivity index (χ4v) is 4.93. The van der Waals surface area contributed by atoms with Crippen molar-refractivity contribution in [2.24, 2.45) is 4.99 Å². The van der Waals surface area contributed by atoms with Gasteiger partial charge >= 0.3 is 0 Å². The molecule has 0 bridgehead atoms. The molecule has 4 rings (SSSR count). The third-order valence-electron chi connectivity index (χ3n) is 6.82. The first-order valence-corrected chi connectivity index (χ1v) is 12.0. The van der Waals surface area contributed by atoms with Crippen LogP contribution < -0.4 is 10.2 Å². The van der Waals surface area contributed by atoms with Crippen LogP contribution in [0.2, 0.25) is 0 Å². The van der Waals surface area contributed by atoms with Crippen molar-refractivity contribution >= 4 is 23.5 Å². The molecule has 1 aromatic carbocycles. The van der Waals surface area contributed by atoms with Gasteiger partial charge in [-0.15, -0.1) is 0 Å². The first-order chi connectivity index (χ1) is 15.6. The highest BCUT2D eigenvalue weighted by atomic mass is 16.2. The van der Waals surface area contributed by atoms with Gasteiger partial charge in [0.15, 0.2) is 5.96 Å². The number of para-hydroxylation sites is 1. The Hall–Kier alpha value is -2.61. The van der Waals surface area contributed by atoms with Gasteiger partial charge in [-0.25, -0.2) is 4.99 Å². The third-order valence-corrected chi connectivity index (χ3v) is 6.82. The summed E-state index contributed by atoms with van der Waals surface area (Å²) in [6.45, 7) is 10.7. The van der Waals surface area contributed by atoms with Crippen molar-refractivity contribution in [3.8, 4) is 0 Å². The Labute approximate surface area is 191 Å². The van der Waals surface area contributed by atoms with E-state index in [1.807, 2.05) is 41.8 Å². The number of rotatable bonds is 5. The first kappa shape index (κ1) is 22.6. The highest BCUT2D eigenvalue weighted by Gasteiger charge is 2.31. The quantitative estimate of drug-likeness (QED) is 0.550. The molecule has 3 aliphatic heterocycles. The zero-order valence-electron chi connectivity index (χ0n) is 19.4. The summed E-state index contributed by atoms with van der Waals surface area (Å²) in [6, 6.07) is 8.02. The molecular formula is C24H36N6O2. The Morgan fingerprint density at radius 2 is 1.72 bits per heavy atom. The van der Waals surface area contributed by atoms with Gasteiger partial charge in [0, 0.05) is 58.0 Å². The van der Waals surface area contributed by atoms with Crippen molar-refractivity contribution in [2.75, 3.05) is 63.8 Å². The molecule has 1 aromatic rings. The fraction of sp³-hybridized carbons (Fsp3) is 0.625. The molecule has 174 valence electrons. The number of anilines is 1. The number of aliphatic imine (C=N–C) groups is 1. The maximum atomic E-state index is 12.9. The highest BCUT2D eigenvalue weighted by molar-refractivity contribution is 5.98. The molecule has 0 spiro atoms. The smallest absolute Gasteiger partial charge is 0.248 e. The molecule has 8 heteroatoms. The second-order valence-electron chi connectivity index (χ2n) is 8.83. The van der Waals surface area contributed by atoms with Crippen molar-refractivity contribution < 1.29 is 9.59 Å². The van der Waals surface area contributed by atoms with Crippen LogP contribution in [0.25, 0.3) is 0 Å². The monoisotopic (exact) mass is 440 g/mol. The minimum absolute atomic E-state index is 0.0359. The number of likely N-dealkylation sites (tertiary alicyclic amines) is 1. The molecule has 0 aliphatic carbocycles. The molecule has 3 heterocycles. The maximum Gasteiger partial charge on any atom is 0.248 e. The number of carbonyl (C=O) groups excluding carboxylic acids is 2. The number of piperazine rings is 1. The Kier molecular flexibility index (Phi) is 7.29. The van der Waals surface area contributed by atoms with Crippen molar-refractivity contribution in [3.63, 3.8) is 0 Å². The van der Waals surface area contributed by atoms with E-state index in [1.54, 1.807) is 0 Å². The number of guanidine groups is 1. The van der Waals surface area contributed by atoms with E-state index in [4.69, 9.17) is 0 Å². The largest absolute Gasteiger partial charge is 0.357 e. The number of nitrogens with one attached hydrogen (secondary N) is 1. The predicted molar refractivity (Wildman–Crippen MR) is 127 cm³/mol. The molecule has 1 N–H and O–H groups in total. The van der Waals surface area contributed by atoms with E-state index >= 15 is 0 Å². The summed E-state index contributed by atoms with van der Waals surface area (Å²) in [6.07, 6.45) is 3.15. The summed E-state index contributed by atoms with van der Waals surface area (Å²) in [5, 5.41) is 3.34. The lowest BCUT2D eigenvalue weighted by Gasteiger charge is -2.39. The SMILES string of the molecule is CCNC(=NCC(=O)N1CCc2ccccc21)N1CCN(C(C)C(=O)N2CCCC2)CC1. The van der Waals surface area contributed by atoms with Crippen molar-refractivity contribution in [3.05, 3.63) is 29.8 Å². The van der Waals surface area contributed by atoms with Gasteiger partial charge in [-0.2, -0.15) is 0 Å². The number of hydrogen-bond acceptors (Lipinski definition) is 4. The molecule has 3 aliphatic rings. The van der Waals surface area contributed by atoms with Crippen LogP contribution in [-0.2, 0) is 16.0 Å². The molecule has 1 unspecified atom stereocenters. The van der Waals surface area contributed by atoms with E-state index in [-0.39, 0.29) is 24.4 Å². The Morgan fingerprint density at radius 1 is 1.00 bits per heavy atom. The molecule has 8 nitrogen and oxygen atoms in total.